The number of carbonyl (C=O) groups excluding carboxylic acids is 1. The van der Waals surface area contributed by atoms with Crippen molar-refractivity contribution in [2.45, 2.75) is 25.4 Å². The number of amides is 1. The monoisotopic (exact) mass is 377 g/mol. The van der Waals surface area contributed by atoms with Crippen molar-refractivity contribution in [2.75, 3.05) is 46.4 Å². The van der Waals surface area contributed by atoms with Gasteiger partial charge in [0.25, 0.3) is 5.91 Å². The van der Waals surface area contributed by atoms with Crippen LogP contribution in [0.15, 0.2) is 16.5 Å². The van der Waals surface area contributed by atoms with E-state index >= 15 is 0 Å². The summed E-state index contributed by atoms with van der Waals surface area (Å²) in [7, 11) is 1.56. The highest BCUT2D eigenvalue weighted by Crippen LogP contribution is 2.44. The van der Waals surface area contributed by atoms with Gasteiger partial charge in [0.05, 0.1) is 12.0 Å². The lowest BCUT2D eigenvalue weighted by molar-refractivity contribution is -0.149. The molecule has 1 aromatic rings. The van der Waals surface area contributed by atoms with Gasteiger partial charge < -0.3 is 19.6 Å². The lowest BCUT2D eigenvalue weighted by Crippen LogP contribution is -2.44. The molecule has 4 heterocycles. The highest BCUT2D eigenvalue weighted by Gasteiger charge is 2.58. The Morgan fingerprint density at radius 3 is 2.70 bits per heavy atom. The van der Waals surface area contributed by atoms with Crippen molar-refractivity contribution < 1.29 is 23.8 Å². The lowest BCUT2D eigenvalue weighted by Gasteiger charge is -2.33. The number of nitrogens with one attached hydrogen (secondary N) is 1. The Morgan fingerprint density at radius 1 is 1.26 bits per heavy atom. The zero-order valence-corrected chi connectivity index (χ0v) is 15.6. The maximum Gasteiger partial charge on any atom is 0.312 e. The molecule has 3 saturated heterocycles. The molecule has 4 rings (SSSR count). The molecular formula is C19H27N3O5. The number of fused-ring (bicyclic) bond motifs is 1. The first-order valence-corrected chi connectivity index (χ1v) is 9.60. The van der Waals surface area contributed by atoms with Gasteiger partial charge in [-0.3, -0.25) is 19.4 Å². The van der Waals surface area contributed by atoms with Gasteiger partial charge >= 0.3 is 5.97 Å². The highest BCUT2D eigenvalue weighted by atomic mass is 16.5. The normalized spacial score (nSPS) is 29.7. The summed E-state index contributed by atoms with van der Waals surface area (Å²) in [6.45, 7) is 4.75. The zero-order chi connectivity index (χ0) is 19.0. The maximum atomic E-state index is 12.2. The number of hydrogen-bond donors (Lipinski definition) is 2. The molecule has 0 spiro atoms. The number of aliphatic carboxylic acids is 1. The van der Waals surface area contributed by atoms with E-state index < -0.39 is 11.4 Å². The second-order valence-electron chi connectivity index (χ2n) is 7.95. The first kappa shape index (κ1) is 18.5. The van der Waals surface area contributed by atoms with E-state index in [9.17, 15) is 14.7 Å². The molecule has 8 heteroatoms. The van der Waals surface area contributed by atoms with Crippen LogP contribution < -0.4 is 5.32 Å². The third kappa shape index (κ3) is 3.37. The lowest BCUT2D eigenvalue weighted by atomic mass is 9.81. The fraction of sp³-hybridized carbons (Fsp3) is 0.684. The highest BCUT2D eigenvalue weighted by molar-refractivity contribution is 5.91. The molecule has 3 fully saturated rings. The summed E-state index contributed by atoms with van der Waals surface area (Å²) in [5, 5.41) is 12.6. The Kier molecular flexibility index (Phi) is 4.96. The molecule has 0 aromatic carbocycles. The van der Waals surface area contributed by atoms with Gasteiger partial charge in [-0.25, -0.2) is 0 Å². The number of furan rings is 1. The number of ether oxygens (including phenoxy) is 1. The van der Waals surface area contributed by atoms with E-state index in [1.807, 2.05) is 0 Å². The Hall–Kier alpha value is -1.90. The smallest absolute Gasteiger partial charge is 0.312 e. The number of likely N-dealkylation sites (tertiary alicyclic amines) is 2. The van der Waals surface area contributed by atoms with Crippen LogP contribution in [0.5, 0.6) is 0 Å². The minimum atomic E-state index is -0.714. The fourth-order valence-corrected chi connectivity index (χ4v) is 4.89. The van der Waals surface area contributed by atoms with E-state index in [0.29, 0.717) is 31.4 Å². The van der Waals surface area contributed by atoms with Crippen LogP contribution >= 0.6 is 0 Å². The van der Waals surface area contributed by atoms with Crippen LogP contribution in [0.25, 0.3) is 0 Å². The van der Waals surface area contributed by atoms with Gasteiger partial charge in [0.15, 0.2) is 5.76 Å². The van der Waals surface area contributed by atoms with E-state index in [2.05, 4.69) is 15.1 Å². The Labute approximate surface area is 158 Å². The number of carbonyl (C=O) groups is 2. The van der Waals surface area contributed by atoms with E-state index in [-0.39, 0.29) is 17.6 Å². The van der Waals surface area contributed by atoms with Crippen LogP contribution in [0.3, 0.4) is 0 Å². The number of carboxylic acid groups (broad SMARTS) is 1. The average molecular weight is 377 g/mol. The summed E-state index contributed by atoms with van der Waals surface area (Å²) in [4.78, 5) is 28.4. The van der Waals surface area contributed by atoms with Crippen molar-refractivity contribution in [3.8, 4) is 0 Å². The first-order valence-electron chi connectivity index (χ1n) is 9.60. The van der Waals surface area contributed by atoms with Crippen molar-refractivity contribution in [1.29, 1.82) is 0 Å². The molecule has 0 radical (unpaired) electrons. The van der Waals surface area contributed by atoms with Crippen LogP contribution in [0.1, 0.15) is 29.2 Å². The third-order valence-electron chi connectivity index (χ3n) is 6.33. The molecular weight excluding hydrogens is 350 g/mol. The van der Waals surface area contributed by atoms with Crippen molar-refractivity contribution >= 4 is 11.9 Å². The molecule has 0 saturated carbocycles. The van der Waals surface area contributed by atoms with Crippen molar-refractivity contribution in [3.05, 3.63) is 23.7 Å². The SMILES string of the molecule is CNC(=O)c1ccc(CN2C[C@H]3CN(C4CCOCC4)C[C@@]3(C(=O)O)C2)o1. The summed E-state index contributed by atoms with van der Waals surface area (Å²) in [6, 6.07) is 3.89. The summed E-state index contributed by atoms with van der Waals surface area (Å²) in [5.41, 5.74) is -0.714. The van der Waals surface area contributed by atoms with Crippen LogP contribution in [-0.4, -0.2) is 79.3 Å². The molecule has 0 unspecified atom stereocenters. The van der Waals surface area contributed by atoms with Crippen LogP contribution in [0.4, 0.5) is 0 Å². The predicted molar refractivity (Wildman–Crippen MR) is 96.3 cm³/mol. The van der Waals surface area contributed by atoms with Gasteiger partial charge in [-0.1, -0.05) is 0 Å². The number of carboxylic acids is 1. The predicted octanol–water partition coefficient (Wildman–Crippen LogP) is 0.637. The molecule has 148 valence electrons. The van der Waals surface area contributed by atoms with Crippen LogP contribution in [-0.2, 0) is 16.1 Å². The second-order valence-corrected chi connectivity index (χ2v) is 7.95. The van der Waals surface area contributed by atoms with E-state index in [1.165, 1.54) is 0 Å². The minimum absolute atomic E-state index is 0.117. The molecule has 1 amide bonds. The molecule has 0 aliphatic carbocycles. The average Bonchev–Trinajstić information content (AvgIpc) is 3.35. The summed E-state index contributed by atoms with van der Waals surface area (Å²) in [5.74, 6) is 0.135. The van der Waals surface area contributed by atoms with Crippen LogP contribution in [0, 0.1) is 11.3 Å². The molecule has 2 atom stereocenters. The third-order valence-corrected chi connectivity index (χ3v) is 6.33. The first-order chi connectivity index (χ1) is 13.0. The molecule has 3 aliphatic heterocycles. The van der Waals surface area contributed by atoms with Gasteiger partial charge in [0.2, 0.25) is 0 Å². The van der Waals surface area contributed by atoms with Gasteiger partial charge in [-0.15, -0.1) is 0 Å². The number of rotatable bonds is 5. The second kappa shape index (κ2) is 7.26. The number of hydrogen-bond acceptors (Lipinski definition) is 6. The van der Waals surface area contributed by atoms with Crippen LogP contribution in [0.2, 0.25) is 0 Å². The van der Waals surface area contributed by atoms with Gasteiger partial charge in [0, 0.05) is 58.4 Å². The minimum Gasteiger partial charge on any atom is -0.481 e. The quantitative estimate of drug-likeness (QED) is 0.777. The van der Waals surface area contributed by atoms with E-state index in [4.69, 9.17) is 9.15 Å². The summed E-state index contributed by atoms with van der Waals surface area (Å²) >= 11 is 0. The molecule has 2 N–H and O–H groups in total. The zero-order valence-electron chi connectivity index (χ0n) is 15.6. The topological polar surface area (TPSA) is 95.2 Å². The van der Waals surface area contributed by atoms with Crippen molar-refractivity contribution in [3.63, 3.8) is 0 Å². The Bertz CT molecular complexity index is 714. The van der Waals surface area contributed by atoms with E-state index in [0.717, 1.165) is 39.1 Å². The van der Waals surface area contributed by atoms with E-state index in [1.54, 1.807) is 19.2 Å². The summed E-state index contributed by atoms with van der Waals surface area (Å²) < 4.78 is 11.1. The van der Waals surface area contributed by atoms with Gasteiger partial charge in [-0.2, -0.15) is 0 Å². The largest absolute Gasteiger partial charge is 0.481 e. The van der Waals surface area contributed by atoms with Gasteiger partial charge in [-0.05, 0) is 25.0 Å². The van der Waals surface area contributed by atoms with Crippen molar-refractivity contribution in [2.24, 2.45) is 11.3 Å². The van der Waals surface area contributed by atoms with Gasteiger partial charge in [0.1, 0.15) is 5.76 Å². The molecule has 1 aromatic heterocycles. The molecule has 3 aliphatic rings. The molecule has 27 heavy (non-hydrogen) atoms. The Balaban J connectivity index is 1.43. The molecule has 0 bridgehead atoms. The molecule has 8 nitrogen and oxygen atoms in total. The Morgan fingerprint density at radius 2 is 2.04 bits per heavy atom. The maximum absolute atomic E-state index is 12.2. The standard InChI is InChI=1S/C19H27N3O5/c1-20-17(23)16-3-2-15(27-16)10-21-8-13-9-22(14-4-6-26-7-5-14)12-19(13,11-21)18(24)25/h2-3,13-14H,4-12H2,1H3,(H,20,23)(H,24,25)/t13-,19-/m0/s1. The van der Waals surface area contributed by atoms with Crippen molar-refractivity contribution in [1.82, 2.24) is 15.1 Å². The number of nitrogens with zero attached hydrogens (tertiary/aromatic N) is 2. The fourth-order valence-electron chi connectivity index (χ4n) is 4.89. The summed E-state index contributed by atoms with van der Waals surface area (Å²) in [6.07, 6.45) is 1.97.